The van der Waals surface area contributed by atoms with Gasteiger partial charge in [-0.3, -0.25) is 14.5 Å². The molecule has 1 aliphatic carbocycles. The van der Waals surface area contributed by atoms with Crippen LogP contribution < -0.4 is 10.0 Å². The number of carbonyl (C=O) groups is 3. The first-order chi connectivity index (χ1) is 21.6. The smallest absolute Gasteiger partial charge is 0.434 e. The van der Waals surface area contributed by atoms with E-state index in [9.17, 15) is 41.2 Å². The highest BCUT2D eigenvalue weighted by atomic mass is 32.2. The topological polar surface area (TPSA) is 188 Å². The number of pyridine rings is 2. The molecule has 3 aromatic rings. The highest BCUT2D eigenvalue weighted by Gasteiger charge is 2.37. The Labute approximate surface area is 262 Å². The number of nitrogens with one attached hydrogen (secondary N) is 2. The maximum atomic E-state index is 12.6. The maximum absolute atomic E-state index is 12.6. The second-order valence-electron chi connectivity index (χ2n) is 10.1. The second kappa shape index (κ2) is 15.3. The van der Waals surface area contributed by atoms with Crippen molar-refractivity contribution in [2.45, 2.75) is 51.1 Å². The van der Waals surface area contributed by atoms with Gasteiger partial charge in [-0.05, 0) is 56.9 Å². The molecule has 4 rings (SSSR count). The molecule has 2 heterocycles. The van der Waals surface area contributed by atoms with E-state index in [4.69, 9.17) is 9.84 Å². The van der Waals surface area contributed by atoms with Crippen molar-refractivity contribution in [1.29, 1.82) is 5.26 Å². The molecule has 0 aliphatic heterocycles. The van der Waals surface area contributed by atoms with Crippen molar-refractivity contribution in [3.8, 4) is 6.07 Å². The number of carboxylic acids is 1. The molecule has 1 amide bonds. The summed E-state index contributed by atoms with van der Waals surface area (Å²) in [5.74, 6) is -3.13. The van der Waals surface area contributed by atoms with E-state index in [1.54, 1.807) is 44.2 Å². The molecular formula is C30H30F3N5O7S. The van der Waals surface area contributed by atoms with Crippen LogP contribution in [0.1, 0.15) is 69.4 Å². The molecule has 1 saturated carbocycles. The summed E-state index contributed by atoms with van der Waals surface area (Å²) in [6, 6.07) is 14.0. The number of amides is 1. The summed E-state index contributed by atoms with van der Waals surface area (Å²) in [4.78, 5) is 42.3. The molecular weight excluding hydrogens is 631 g/mol. The van der Waals surface area contributed by atoms with Gasteiger partial charge in [0.15, 0.2) is 5.69 Å². The van der Waals surface area contributed by atoms with Gasteiger partial charge < -0.3 is 15.2 Å². The standard InChI is InChI=1S/C23H26N4O5S.C7H4F3NO2/c1-3-32-23(29)20-12-18(13-24)21(25-15(20)2)26-19-10-9-17(11-19)22(28)27-33(30,31)14-16-7-5-4-6-8-16;8-7(9,10)5-4(6(12)13)2-1-3-11-5/h4-8,12,17,19H,3,9-11,14H2,1-2H3,(H,25,26)(H,27,28);1-3H,(H,12,13). The fourth-order valence-corrected chi connectivity index (χ4v) is 5.81. The molecule has 0 saturated heterocycles. The number of aromatic carboxylic acids is 1. The van der Waals surface area contributed by atoms with Crippen LogP contribution in [0.2, 0.25) is 0 Å². The molecule has 1 aromatic carbocycles. The van der Waals surface area contributed by atoms with Gasteiger partial charge in [-0.15, -0.1) is 0 Å². The summed E-state index contributed by atoms with van der Waals surface area (Å²) in [6.07, 6.45) is -2.31. The van der Waals surface area contributed by atoms with Crippen molar-refractivity contribution >= 4 is 33.7 Å². The third kappa shape index (κ3) is 9.73. The minimum atomic E-state index is -4.73. The molecule has 2 aromatic heterocycles. The number of hydrogen-bond donors (Lipinski definition) is 3. The number of carbonyl (C=O) groups excluding carboxylic acids is 2. The van der Waals surface area contributed by atoms with Crippen molar-refractivity contribution < 1.29 is 45.8 Å². The lowest BCUT2D eigenvalue weighted by molar-refractivity contribution is -0.141. The normalized spacial score (nSPS) is 15.9. The number of esters is 1. The van der Waals surface area contributed by atoms with Crippen molar-refractivity contribution in [3.05, 3.63) is 88.4 Å². The Morgan fingerprint density at radius 2 is 1.80 bits per heavy atom. The van der Waals surface area contributed by atoms with Crippen LogP contribution in [0.25, 0.3) is 0 Å². The zero-order chi connectivity index (χ0) is 34.1. The number of rotatable bonds is 9. The number of alkyl halides is 3. The number of anilines is 1. The van der Waals surface area contributed by atoms with Crippen LogP contribution in [-0.4, -0.2) is 54.0 Å². The van der Waals surface area contributed by atoms with Crippen molar-refractivity contribution in [2.24, 2.45) is 5.92 Å². The number of benzene rings is 1. The minimum absolute atomic E-state index is 0.162. The van der Waals surface area contributed by atoms with Crippen molar-refractivity contribution in [2.75, 3.05) is 11.9 Å². The summed E-state index contributed by atoms with van der Waals surface area (Å²) < 4.78 is 68.2. The molecule has 0 radical (unpaired) electrons. The molecule has 0 spiro atoms. The lowest BCUT2D eigenvalue weighted by Crippen LogP contribution is -2.36. The zero-order valence-corrected chi connectivity index (χ0v) is 25.5. The molecule has 244 valence electrons. The van der Waals surface area contributed by atoms with Gasteiger partial charge >= 0.3 is 18.1 Å². The van der Waals surface area contributed by atoms with E-state index >= 15 is 0 Å². The minimum Gasteiger partial charge on any atom is -0.478 e. The van der Waals surface area contributed by atoms with Gasteiger partial charge in [-0.1, -0.05) is 30.3 Å². The average Bonchev–Trinajstić information content (AvgIpc) is 3.46. The van der Waals surface area contributed by atoms with Gasteiger partial charge in [0.05, 0.1) is 34.7 Å². The Hall–Kier alpha value is -5.04. The number of aromatic nitrogens is 2. The molecule has 46 heavy (non-hydrogen) atoms. The Kier molecular flexibility index (Phi) is 11.8. The molecule has 3 N–H and O–H groups in total. The summed E-state index contributed by atoms with van der Waals surface area (Å²) in [7, 11) is -3.80. The molecule has 1 fully saturated rings. The Morgan fingerprint density at radius 3 is 2.39 bits per heavy atom. The highest BCUT2D eigenvalue weighted by molar-refractivity contribution is 7.89. The number of halogens is 3. The predicted octanol–water partition coefficient (Wildman–Crippen LogP) is 4.46. The van der Waals surface area contributed by atoms with Crippen LogP contribution in [0.5, 0.6) is 0 Å². The molecule has 0 bridgehead atoms. The fourth-order valence-electron chi connectivity index (χ4n) is 4.63. The van der Waals surface area contributed by atoms with E-state index in [2.05, 4.69) is 20.0 Å². The summed E-state index contributed by atoms with van der Waals surface area (Å²) in [5.41, 5.74) is -0.763. The average molecular weight is 662 g/mol. The third-order valence-electron chi connectivity index (χ3n) is 6.74. The van der Waals surface area contributed by atoms with E-state index in [0.717, 1.165) is 18.3 Å². The fraction of sp³-hybridized carbons (Fsp3) is 0.333. The van der Waals surface area contributed by atoms with Gasteiger partial charge in [0, 0.05) is 18.2 Å². The van der Waals surface area contributed by atoms with Gasteiger partial charge in [0.25, 0.3) is 0 Å². The van der Waals surface area contributed by atoms with E-state index in [-0.39, 0.29) is 29.5 Å². The lowest BCUT2D eigenvalue weighted by atomic mass is 10.1. The highest BCUT2D eigenvalue weighted by Crippen LogP contribution is 2.31. The number of aryl methyl sites for hydroxylation is 1. The summed E-state index contributed by atoms with van der Waals surface area (Å²) in [5, 5.41) is 21.1. The number of ether oxygens (including phenoxy) is 1. The predicted molar refractivity (Wildman–Crippen MR) is 158 cm³/mol. The largest absolute Gasteiger partial charge is 0.478 e. The van der Waals surface area contributed by atoms with Crippen LogP contribution in [-0.2, 0) is 31.5 Å². The van der Waals surface area contributed by atoms with Gasteiger partial charge in [-0.2, -0.15) is 18.4 Å². The summed E-state index contributed by atoms with van der Waals surface area (Å²) in [6.45, 7) is 3.56. The van der Waals surface area contributed by atoms with Crippen LogP contribution in [0.3, 0.4) is 0 Å². The monoisotopic (exact) mass is 661 g/mol. The van der Waals surface area contributed by atoms with Gasteiger partial charge in [0.1, 0.15) is 11.9 Å². The third-order valence-corrected chi connectivity index (χ3v) is 7.96. The number of sulfonamides is 1. The number of carboxylic acid groups (broad SMARTS) is 1. The maximum Gasteiger partial charge on any atom is 0.434 e. The van der Waals surface area contributed by atoms with E-state index in [0.29, 0.717) is 36.3 Å². The van der Waals surface area contributed by atoms with E-state index < -0.39 is 51.2 Å². The van der Waals surface area contributed by atoms with Crippen LogP contribution in [0.15, 0.2) is 54.7 Å². The van der Waals surface area contributed by atoms with Crippen molar-refractivity contribution in [1.82, 2.24) is 14.7 Å². The Bertz CT molecular complexity index is 1730. The van der Waals surface area contributed by atoms with E-state index in [1.807, 2.05) is 6.07 Å². The SMILES string of the molecule is CCOC(=O)c1cc(C#N)c(NC2CCC(C(=O)NS(=O)(=O)Cc3ccccc3)C2)nc1C.O=C(O)c1cccnc1C(F)(F)F. The van der Waals surface area contributed by atoms with Gasteiger partial charge in [-0.25, -0.2) is 23.0 Å². The molecule has 16 heteroatoms. The Balaban J connectivity index is 0.000000370. The summed E-state index contributed by atoms with van der Waals surface area (Å²) >= 11 is 0. The number of nitriles is 1. The van der Waals surface area contributed by atoms with Gasteiger partial charge in [0.2, 0.25) is 15.9 Å². The second-order valence-corrected chi connectivity index (χ2v) is 11.8. The van der Waals surface area contributed by atoms with Crippen LogP contribution >= 0.6 is 0 Å². The van der Waals surface area contributed by atoms with E-state index in [1.165, 1.54) is 6.07 Å². The molecule has 12 nitrogen and oxygen atoms in total. The molecule has 2 atom stereocenters. The molecule has 1 aliphatic rings. The quantitative estimate of drug-likeness (QED) is 0.275. The first-order valence-electron chi connectivity index (χ1n) is 13.8. The lowest BCUT2D eigenvalue weighted by Gasteiger charge is -2.16. The zero-order valence-electron chi connectivity index (χ0n) is 24.7. The first-order valence-corrected chi connectivity index (χ1v) is 15.5. The van der Waals surface area contributed by atoms with Crippen LogP contribution in [0, 0.1) is 24.2 Å². The number of nitrogens with zero attached hydrogens (tertiary/aromatic N) is 3. The first kappa shape index (κ1) is 35.4. The molecule has 2 unspecified atom stereocenters. The number of hydrogen-bond acceptors (Lipinski definition) is 10. The van der Waals surface area contributed by atoms with Crippen molar-refractivity contribution in [3.63, 3.8) is 0 Å². The Morgan fingerprint density at radius 1 is 1.11 bits per heavy atom. The van der Waals surface area contributed by atoms with Crippen LogP contribution in [0.4, 0.5) is 19.0 Å².